The van der Waals surface area contributed by atoms with Crippen molar-refractivity contribution in [3.8, 4) is 0 Å². The minimum atomic E-state index is -4.35. The first-order valence-corrected chi connectivity index (χ1v) is 5.09. The summed E-state index contributed by atoms with van der Waals surface area (Å²) in [4.78, 5) is 0. The third-order valence-electron chi connectivity index (χ3n) is 2.17. The van der Waals surface area contributed by atoms with Crippen LogP contribution in [0, 0.1) is 5.21 Å². The highest BCUT2D eigenvalue weighted by molar-refractivity contribution is 5.75. The Bertz CT molecular complexity index is 413. The zero-order chi connectivity index (χ0) is 13.3. The molecular weight excluding hydrogens is 231 g/mol. The molecule has 0 N–H and O–H groups in total. The van der Waals surface area contributed by atoms with Crippen molar-refractivity contribution < 1.29 is 17.9 Å². The van der Waals surface area contributed by atoms with Gasteiger partial charge in [0.1, 0.15) is 0 Å². The van der Waals surface area contributed by atoms with E-state index in [1.165, 1.54) is 18.3 Å². The second-order valence-corrected chi connectivity index (χ2v) is 4.75. The summed E-state index contributed by atoms with van der Waals surface area (Å²) in [6, 6.07) is 4.48. The van der Waals surface area contributed by atoms with Gasteiger partial charge in [0.05, 0.1) is 5.56 Å². The first kappa shape index (κ1) is 13.5. The molecule has 0 atom stereocenters. The van der Waals surface area contributed by atoms with E-state index < -0.39 is 17.3 Å². The fourth-order valence-corrected chi connectivity index (χ4v) is 1.09. The van der Waals surface area contributed by atoms with Crippen LogP contribution in [-0.2, 0) is 6.18 Å². The molecule has 0 saturated carbocycles. The van der Waals surface area contributed by atoms with Gasteiger partial charge in [-0.1, -0.05) is 0 Å². The first-order chi connectivity index (χ1) is 7.60. The molecule has 0 aliphatic carbocycles. The molecule has 0 heterocycles. The second-order valence-electron chi connectivity index (χ2n) is 4.75. The largest absolute Gasteiger partial charge is 0.623 e. The molecule has 94 valence electrons. The van der Waals surface area contributed by atoms with E-state index in [1.807, 2.05) is 0 Å². The van der Waals surface area contributed by atoms with Gasteiger partial charge in [-0.25, -0.2) is 4.74 Å². The van der Waals surface area contributed by atoms with Gasteiger partial charge in [-0.3, -0.25) is 0 Å². The van der Waals surface area contributed by atoms with Crippen molar-refractivity contribution in [2.75, 3.05) is 0 Å². The van der Waals surface area contributed by atoms with E-state index in [1.54, 1.807) is 20.8 Å². The molecule has 1 rings (SSSR count). The smallest absolute Gasteiger partial charge is 0.416 e. The van der Waals surface area contributed by atoms with Crippen molar-refractivity contribution in [1.29, 1.82) is 0 Å². The van der Waals surface area contributed by atoms with Crippen molar-refractivity contribution in [1.82, 2.24) is 0 Å². The Morgan fingerprint density at radius 3 is 1.88 bits per heavy atom. The van der Waals surface area contributed by atoms with Gasteiger partial charge in [-0.15, -0.1) is 0 Å². The van der Waals surface area contributed by atoms with Crippen LogP contribution in [0.5, 0.6) is 0 Å². The first-order valence-electron chi connectivity index (χ1n) is 5.09. The summed E-state index contributed by atoms with van der Waals surface area (Å²) in [5.74, 6) is 0. The number of nitrogens with zero attached hydrogens (tertiary/aromatic N) is 1. The predicted octanol–water partition coefficient (Wildman–Crippen LogP) is 3.43. The van der Waals surface area contributed by atoms with Crippen molar-refractivity contribution in [2.24, 2.45) is 0 Å². The van der Waals surface area contributed by atoms with Crippen LogP contribution >= 0.6 is 0 Å². The zero-order valence-corrected chi connectivity index (χ0v) is 9.88. The molecule has 0 aromatic heterocycles. The molecule has 0 unspecified atom stereocenters. The van der Waals surface area contributed by atoms with Gasteiger partial charge in [-0.2, -0.15) is 13.2 Å². The summed E-state index contributed by atoms with van der Waals surface area (Å²) in [5.41, 5.74) is -0.881. The molecular formula is C12H14F3NO. The number of alkyl halides is 3. The monoisotopic (exact) mass is 245 g/mol. The molecule has 0 aliphatic heterocycles. The summed E-state index contributed by atoms with van der Waals surface area (Å²) in [6.45, 7) is 5.17. The molecule has 2 nitrogen and oxygen atoms in total. The fourth-order valence-electron chi connectivity index (χ4n) is 1.09. The van der Waals surface area contributed by atoms with Crippen molar-refractivity contribution >= 4 is 6.21 Å². The lowest BCUT2D eigenvalue weighted by molar-refractivity contribution is -0.530. The van der Waals surface area contributed by atoms with Gasteiger partial charge in [0.2, 0.25) is 0 Å². The molecule has 0 aliphatic rings. The maximum Gasteiger partial charge on any atom is 0.416 e. The van der Waals surface area contributed by atoms with Crippen LogP contribution in [0.25, 0.3) is 0 Å². The van der Waals surface area contributed by atoms with Crippen LogP contribution < -0.4 is 0 Å². The minimum absolute atomic E-state index is 0.447. The van der Waals surface area contributed by atoms with E-state index in [-0.39, 0.29) is 0 Å². The van der Waals surface area contributed by atoms with E-state index in [0.717, 1.165) is 16.9 Å². The molecule has 1 aromatic carbocycles. The van der Waals surface area contributed by atoms with Crippen molar-refractivity contribution in [2.45, 2.75) is 32.5 Å². The fraction of sp³-hybridized carbons (Fsp3) is 0.417. The molecule has 5 heteroatoms. The average molecular weight is 245 g/mol. The Labute approximate surface area is 98.0 Å². The number of hydrogen-bond acceptors (Lipinski definition) is 1. The lowest BCUT2D eigenvalue weighted by Gasteiger charge is -2.18. The Hall–Kier alpha value is -1.52. The highest BCUT2D eigenvalue weighted by Gasteiger charge is 2.30. The Morgan fingerprint density at radius 1 is 1.06 bits per heavy atom. The van der Waals surface area contributed by atoms with Gasteiger partial charge in [0.15, 0.2) is 11.8 Å². The van der Waals surface area contributed by atoms with Gasteiger partial charge in [0, 0.05) is 26.3 Å². The number of hydrogen-bond donors (Lipinski definition) is 0. The van der Waals surface area contributed by atoms with Gasteiger partial charge in [0.25, 0.3) is 0 Å². The van der Waals surface area contributed by atoms with E-state index in [0.29, 0.717) is 5.56 Å². The number of hydroxylamine groups is 1. The van der Waals surface area contributed by atoms with E-state index in [4.69, 9.17) is 0 Å². The quantitative estimate of drug-likeness (QED) is 0.322. The number of rotatable bonds is 1. The number of benzene rings is 1. The molecule has 0 bridgehead atoms. The van der Waals surface area contributed by atoms with Crippen LogP contribution in [0.1, 0.15) is 31.9 Å². The molecule has 0 amide bonds. The van der Waals surface area contributed by atoms with Gasteiger partial charge < -0.3 is 5.21 Å². The molecule has 0 fully saturated rings. The Kier molecular flexibility index (Phi) is 3.50. The third-order valence-corrected chi connectivity index (χ3v) is 2.17. The lowest BCUT2D eigenvalue weighted by Crippen LogP contribution is -2.29. The van der Waals surface area contributed by atoms with Gasteiger partial charge >= 0.3 is 6.18 Å². The predicted molar refractivity (Wildman–Crippen MR) is 60.0 cm³/mol. The number of halogens is 3. The Morgan fingerprint density at radius 2 is 1.53 bits per heavy atom. The molecule has 0 radical (unpaired) electrons. The Balaban J connectivity index is 2.97. The van der Waals surface area contributed by atoms with Crippen molar-refractivity contribution in [3.05, 3.63) is 40.6 Å². The van der Waals surface area contributed by atoms with Gasteiger partial charge in [-0.05, 0) is 24.3 Å². The normalized spacial score (nSPS) is 13.9. The summed E-state index contributed by atoms with van der Waals surface area (Å²) >= 11 is 0. The van der Waals surface area contributed by atoms with Crippen LogP contribution in [0.3, 0.4) is 0 Å². The summed E-state index contributed by atoms with van der Waals surface area (Å²) in [5, 5.41) is 11.6. The molecule has 1 aromatic rings. The van der Waals surface area contributed by atoms with E-state index >= 15 is 0 Å². The maximum atomic E-state index is 12.3. The molecule has 17 heavy (non-hydrogen) atoms. The van der Waals surface area contributed by atoms with E-state index in [2.05, 4.69) is 0 Å². The van der Waals surface area contributed by atoms with E-state index in [9.17, 15) is 18.4 Å². The lowest BCUT2D eigenvalue weighted by atomic mass is 10.1. The van der Waals surface area contributed by atoms with Crippen molar-refractivity contribution in [3.63, 3.8) is 0 Å². The highest BCUT2D eigenvalue weighted by Crippen LogP contribution is 2.28. The molecule has 0 saturated heterocycles. The maximum absolute atomic E-state index is 12.3. The standard InChI is InChI=1S/C12H14F3NO/c1-11(2,3)16(17)8-9-4-6-10(7-5-9)12(13,14)15/h4-8H,1-3H3/b16-8+. The van der Waals surface area contributed by atoms with Crippen LogP contribution in [0.2, 0.25) is 0 Å². The van der Waals surface area contributed by atoms with Crippen LogP contribution in [-0.4, -0.2) is 16.5 Å². The summed E-state index contributed by atoms with van der Waals surface area (Å²) in [6.07, 6.45) is -3.07. The van der Waals surface area contributed by atoms with Crippen LogP contribution in [0.15, 0.2) is 24.3 Å². The average Bonchev–Trinajstić information content (AvgIpc) is 2.15. The third kappa shape index (κ3) is 3.76. The molecule has 0 spiro atoms. The zero-order valence-electron chi connectivity index (χ0n) is 9.88. The minimum Gasteiger partial charge on any atom is -0.623 e. The SMILES string of the molecule is CC(C)(C)/[N+]([O-])=C\c1ccc(C(F)(F)F)cc1. The second kappa shape index (κ2) is 4.39. The topological polar surface area (TPSA) is 26.1 Å². The summed E-state index contributed by atoms with van der Waals surface area (Å²) < 4.78 is 37.6. The van der Waals surface area contributed by atoms with Crippen LogP contribution in [0.4, 0.5) is 13.2 Å². The summed E-state index contributed by atoms with van der Waals surface area (Å²) in [7, 11) is 0. The highest BCUT2D eigenvalue weighted by atomic mass is 19.4.